The van der Waals surface area contributed by atoms with Crippen LogP contribution in [0.2, 0.25) is 0 Å². The van der Waals surface area contributed by atoms with Crippen LogP contribution in [0.4, 0.5) is 0 Å². The van der Waals surface area contributed by atoms with Crippen molar-refractivity contribution in [2.45, 2.75) is 12.8 Å². The molecule has 65 valence electrons. The third kappa shape index (κ3) is 1.69. The van der Waals surface area contributed by atoms with Crippen molar-refractivity contribution >= 4 is 10.9 Å². The largest absolute Gasteiger partial charge is 0.256 e. The molecule has 1 heterocycles. The molecular weight excluding hydrogens is 158 g/mol. The Morgan fingerprint density at radius 1 is 1.23 bits per heavy atom. The fraction of sp³-hybridized carbons (Fsp3) is 0.167. The summed E-state index contributed by atoms with van der Waals surface area (Å²) >= 11 is 0. The van der Waals surface area contributed by atoms with E-state index in [0.717, 1.165) is 18.4 Å². The summed E-state index contributed by atoms with van der Waals surface area (Å²) in [5.74, 6) is 0. The predicted molar refractivity (Wildman–Crippen MR) is 55.4 cm³/mol. The second-order valence-corrected chi connectivity index (χ2v) is 3.13. The van der Waals surface area contributed by atoms with E-state index in [1.807, 2.05) is 12.3 Å². The standard InChI is InChI=1S/C12H12N/c1-2-4-10-6-7-11-5-3-8-13-12(11)9-10/h3,5-9H,1-2,4H2. The van der Waals surface area contributed by atoms with Gasteiger partial charge in [-0.1, -0.05) is 25.1 Å². The summed E-state index contributed by atoms with van der Waals surface area (Å²) in [6.07, 6.45) is 3.81. The van der Waals surface area contributed by atoms with Crippen molar-refractivity contribution in [3.05, 3.63) is 49.0 Å². The van der Waals surface area contributed by atoms with Crippen LogP contribution in [0.25, 0.3) is 10.9 Å². The molecule has 0 saturated carbocycles. The molecule has 1 radical (unpaired) electrons. The van der Waals surface area contributed by atoms with Crippen LogP contribution in [-0.2, 0) is 6.42 Å². The van der Waals surface area contributed by atoms with Crippen LogP contribution in [0.15, 0.2) is 36.5 Å². The van der Waals surface area contributed by atoms with Crippen LogP contribution in [0.5, 0.6) is 0 Å². The molecule has 0 aliphatic heterocycles. The van der Waals surface area contributed by atoms with Gasteiger partial charge >= 0.3 is 0 Å². The Balaban J connectivity index is 2.49. The molecule has 0 aliphatic rings. The van der Waals surface area contributed by atoms with Crippen molar-refractivity contribution in [1.29, 1.82) is 0 Å². The molecule has 2 aromatic rings. The fourth-order valence-electron chi connectivity index (χ4n) is 1.47. The van der Waals surface area contributed by atoms with Crippen LogP contribution < -0.4 is 0 Å². The van der Waals surface area contributed by atoms with Gasteiger partial charge in [0.15, 0.2) is 0 Å². The van der Waals surface area contributed by atoms with Gasteiger partial charge in [-0.2, -0.15) is 0 Å². The molecule has 1 heteroatoms. The van der Waals surface area contributed by atoms with E-state index in [4.69, 9.17) is 0 Å². The first kappa shape index (κ1) is 8.24. The zero-order valence-corrected chi connectivity index (χ0v) is 7.53. The maximum absolute atomic E-state index is 4.30. The number of benzene rings is 1. The van der Waals surface area contributed by atoms with Gasteiger partial charge in [0.1, 0.15) is 0 Å². The first-order valence-electron chi connectivity index (χ1n) is 4.53. The normalized spacial score (nSPS) is 10.5. The number of hydrogen-bond acceptors (Lipinski definition) is 1. The quantitative estimate of drug-likeness (QED) is 0.675. The fourth-order valence-corrected chi connectivity index (χ4v) is 1.47. The zero-order valence-electron chi connectivity index (χ0n) is 7.53. The molecule has 1 aromatic carbocycles. The lowest BCUT2D eigenvalue weighted by Crippen LogP contribution is -1.84. The van der Waals surface area contributed by atoms with Crippen molar-refractivity contribution in [3.63, 3.8) is 0 Å². The van der Waals surface area contributed by atoms with Gasteiger partial charge in [0.05, 0.1) is 5.52 Å². The maximum Gasteiger partial charge on any atom is 0.0704 e. The Morgan fingerprint density at radius 2 is 2.15 bits per heavy atom. The van der Waals surface area contributed by atoms with Gasteiger partial charge in [0, 0.05) is 11.6 Å². The van der Waals surface area contributed by atoms with Gasteiger partial charge in [-0.05, 0) is 30.5 Å². The van der Waals surface area contributed by atoms with Crippen molar-refractivity contribution in [2.75, 3.05) is 0 Å². The minimum Gasteiger partial charge on any atom is -0.256 e. The van der Waals surface area contributed by atoms with Crippen LogP contribution in [0, 0.1) is 6.92 Å². The minimum atomic E-state index is 0.943. The molecule has 0 saturated heterocycles. The molecule has 0 atom stereocenters. The van der Waals surface area contributed by atoms with Gasteiger partial charge in [-0.25, -0.2) is 0 Å². The van der Waals surface area contributed by atoms with Gasteiger partial charge in [-0.15, -0.1) is 0 Å². The molecular formula is C12H12N. The van der Waals surface area contributed by atoms with Crippen LogP contribution >= 0.6 is 0 Å². The second-order valence-electron chi connectivity index (χ2n) is 3.13. The first-order chi connectivity index (χ1) is 6.40. The summed E-state index contributed by atoms with van der Waals surface area (Å²) in [5, 5.41) is 1.20. The van der Waals surface area contributed by atoms with E-state index in [0.29, 0.717) is 0 Å². The van der Waals surface area contributed by atoms with Crippen molar-refractivity contribution in [2.24, 2.45) is 0 Å². The lowest BCUT2D eigenvalue weighted by molar-refractivity contribution is 1.00. The summed E-state index contributed by atoms with van der Waals surface area (Å²) in [6.45, 7) is 3.84. The number of hydrogen-bond donors (Lipinski definition) is 0. The molecule has 0 spiro atoms. The Kier molecular flexibility index (Phi) is 2.26. The van der Waals surface area contributed by atoms with E-state index in [1.54, 1.807) is 0 Å². The van der Waals surface area contributed by atoms with Crippen molar-refractivity contribution in [3.8, 4) is 0 Å². The van der Waals surface area contributed by atoms with E-state index in [2.05, 4.69) is 36.2 Å². The van der Waals surface area contributed by atoms with Gasteiger partial charge in [0.2, 0.25) is 0 Å². The summed E-state index contributed by atoms with van der Waals surface area (Å²) in [6, 6.07) is 10.4. The molecule has 0 amide bonds. The molecule has 0 fully saturated rings. The molecule has 13 heavy (non-hydrogen) atoms. The minimum absolute atomic E-state index is 0.943. The number of aryl methyl sites for hydroxylation is 1. The SMILES string of the molecule is [CH2]CCc1ccc2cccnc2c1. The lowest BCUT2D eigenvalue weighted by Gasteiger charge is -2.00. The van der Waals surface area contributed by atoms with Crippen molar-refractivity contribution < 1.29 is 0 Å². The van der Waals surface area contributed by atoms with Gasteiger partial charge in [0.25, 0.3) is 0 Å². The summed E-state index contributed by atoms with van der Waals surface area (Å²) in [7, 11) is 0. The number of nitrogens with zero attached hydrogens (tertiary/aromatic N) is 1. The summed E-state index contributed by atoms with van der Waals surface area (Å²) in [5.41, 5.74) is 2.40. The highest BCUT2D eigenvalue weighted by Gasteiger charge is 1.95. The van der Waals surface area contributed by atoms with E-state index in [9.17, 15) is 0 Å². The predicted octanol–water partition coefficient (Wildman–Crippen LogP) is 3.00. The second kappa shape index (κ2) is 3.56. The van der Waals surface area contributed by atoms with Gasteiger partial charge < -0.3 is 0 Å². The average Bonchev–Trinajstić information content (AvgIpc) is 2.18. The maximum atomic E-state index is 4.30. The number of pyridine rings is 1. The number of rotatable bonds is 2. The third-order valence-corrected chi connectivity index (χ3v) is 2.14. The number of fused-ring (bicyclic) bond motifs is 1. The molecule has 0 bridgehead atoms. The van der Waals surface area contributed by atoms with Crippen LogP contribution in [-0.4, -0.2) is 4.98 Å². The highest BCUT2D eigenvalue weighted by atomic mass is 14.6. The monoisotopic (exact) mass is 170 g/mol. The average molecular weight is 170 g/mol. The molecule has 0 unspecified atom stereocenters. The summed E-state index contributed by atoms with van der Waals surface area (Å²) in [4.78, 5) is 4.30. The van der Waals surface area contributed by atoms with E-state index < -0.39 is 0 Å². The first-order valence-corrected chi connectivity index (χ1v) is 4.53. The van der Waals surface area contributed by atoms with Gasteiger partial charge in [-0.3, -0.25) is 4.98 Å². The summed E-state index contributed by atoms with van der Waals surface area (Å²) < 4.78 is 0. The topological polar surface area (TPSA) is 12.9 Å². The Hall–Kier alpha value is -1.37. The Bertz CT molecular complexity index is 407. The Labute approximate surface area is 78.4 Å². The third-order valence-electron chi connectivity index (χ3n) is 2.14. The number of aromatic nitrogens is 1. The smallest absolute Gasteiger partial charge is 0.0704 e. The van der Waals surface area contributed by atoms with Crippen LogP contribution in [0.3, 0.4) is 0 Å². The van der Waals surface area contributed by atoms with E-state index in [-0.39, 0.29) is 0 Å². The highest BCUT2D eigenvalue weighted by molar-refractivity contribution is 5.78. The molecule has 1 nitrogen and oxygen atoms in total. The molecule has 2 rings (SSSR count). The molecule has 0 N–H and O–H groups in total. The van der Waals surface area contributed by atoms with Crippen molar-refractivity contribution in [1.82, 2.24) is 4.98 Å². The molecule has 1 aromatic heterocycles. The van der Waals surface area contributed by atoms with Crippen LogP contribution in [0.1, 0.15) is 12.0 Å². The lowest BCUT2D eigenvalue weighted by atomic mass is 10.1. The molecule has 0 aliphatic carbocycles. The Morgan fingerprint density at radius 3 is 3.00 bits per heavy atom. The zero-order chi connectivity index (χ0) is 9.10. The van der Waals surface area contributed by atoms with E-state index >= 15 is 0 Å². The van der Waals surface area contributed by atoms with E-state index in [1.165, 1.54) is 10.9 Å². The highest BCUT2D eigenvalue weighted by Crippen LogP contribution is 2.13.